The van der Waals surface area contributed by atoms with Gasteiger partial charge in [0.1, 0.15) is 6.04 Å². The zero-order chi connectivity index (χ0) is 26.7. The van der Waals surface area contributed by atoms with Gasteiger partial charge >= 0.3 is 5.97 Å². The van der Waals surface area contributed by atoms with Crippen molar-refractivity contribution in [2.24, 2.45) is 0 Å². The third kappa shape index (κ3) is 4.94. The number of carbonyl (C=O) groups excluding carboxylic acids is 4. The van der Waals surface area contributed by atoms with Crippen LogP contribution in [0, 0.1) is 10.1 Å². The third-order valence-corrected chi connectivity index (χ3v) is 6.26. The van der Waals surface area contributed by atoms with Gasteiger partial charge < -0.3 is 9.64 Å². The van der Waals surface area contributed by atoms with Crippen LogP contribution in [-0.4, -0.2) is 46.7 Å². The molecule has 3 aromatic carbocycles. The molecule has 1 aliphatic rings. The second kappa shape index (κ2) is 10.4. The molecule has 37 heavy (non-hydrogen) atoms. The Bertz CT molecular complexity index is 1360. The highest BCUT2D eigenvalue weighted by Gasteiger charge is 2.46. The first-order valence-electron chi connectivity index (χ1n) is 11.4. The molecule has 3 aromatic rings. The number of nitrogens with zero attached hydrogens (tertiary/aromatic N) is 3. The lowest BCUT2D eigenvalue weighted by atomic mass is 10.0. The molecule has 10 heteroatoms. The highest BCUT2D eigenvalue weighted by atomic mass is 16.6. The number of non-ortho nitro benzene ring substituents is 1. The Kier molecular flexibility index (Phi) is 7.10. The number of ether oxygens (including phenoxy) is 1. The van der Waals surface area contributed by atoms with E-state index in [1.165, 1.54) is 60.5 Å². The van der Waals surface area contributed by atoms with E-state index < -0.39 is 40.7 Å². The van der Waals surface area contributed by atoms with Crippen molar-refractivity contribution >= 4 is 35.1 Å². The second-order valence-corrected chi connectivity index (χ2v) is 8.43. The molecule has 0 bridgehead atoms. The van der Waals surface area contributed by atoms with Crippen LogP contribution in [0.3, 0.4) is 0 Å². The summed E-state index contributed by atoms with van der Waals surface area (Å²) < 4.78 is 4.68. The number of rotatable bonds is 7. The van der Waals surface area contributed by atoms with E-state index >= 15 is 0 Å². The summed E-state index contributed by atoms with van der Waals surface area (Å²) >= 11 is 0. The Morgan fingerprint density at radius 1 is 0.973 bits per heavy atom. The van der Waals surface area contributed by atoms with Crippen LogP contribution in [0.5, 0.6) is 0 Å². The maximum atomic E-state index is 13.7. The molecule has 0 spiro atoms. The van der Waals surface area contributed by atoms with Gasteiger partial charge in [0.05, 0.1) is 35.7 Å². The topological polar surface area (TPSA) is 127 Å². The molecule has 1 aliphatic heterocycles. The van der Waals surface area contributed by atoms with E-state index in [0.717, 1.165) is 10.5 Å². The van der Waals surface area contributed by atoms with Gasteiger partial charge in [-0.2, -0.15) is 0 Å². The standard InChI is InChI=1S/C27H23N3O7/c1-17(18-6-4-3-5-7-18)28(25(32)19-8-14-22(15-9-19)30(35)36)23-16-24(31)29(26(23)33)21-12-10-20(11-13-21)27(34)37-2/h3-15,17,23H,16H2,1-2H3. The minimum atomic E-state index is -1.11. The number of amides is 3. The molecule has 2 unspecified atom stereocenters. The van der Waals surface area contributed by atoms with Crippen molar-refractivity contribution in [3.63, 3.8) is 0 Å². The Balaban J connectivity index is 1.70. The molecule has 2 atom stereocenters. The minimum Gasteiger partial charge on any atom is -0.465 e. The Hall–Kier alpha value is -4.86. The fraction of sp³-hybridized carbons (Fsp3) is 0.185. The minimum absolute atomic E-state index is 0.148. The van der Waals surface area contributed by atoms with Gasteiger partial charge in [-0.3, -0.25) is 24.5 Å². The molecule has 0 saturated carbocycles. The normalized spacial score (nSPS) is 15.8. The van der Waals surface area contributed by atoms with Gasteiger partial charge in [-0.1, -0.05) is 30.3 Å². The first kappa shape index (κ1) is 25.2. The van der Waals surface area contributed by atoms with Crippen molar-refractivity contribution < 1.29 is 28.8 Å². The van der Waals surface area contributed by atoms with Crippen molar-refractivity contribution in [3.8, 4) is 0 Å². The number of anilines is 1. The van der Waals surface area contributed by atoms with Gasteiger partial charge in [-0.05, 0) is 48.9 Å². The zero-order valence-electron chi connectivity index (χ0n) is 20.1. The van der Waals surface area contributed by atoms with Crippen LogP contribution in [0.25, 0.3) is 0 Å². The van der Waals surface area contributed by atoms with E-state index in [2.05, 4.69) is 4.74 Å². The van der Waals surface area contributed by atoms with Gasteiger partial charge in [0.15, 0.2) is 0 Å². The Morgan fingerprint density at radius 2 is 1.57 bits per heavy atom. The molecule has 0 N–H and O–H groups in total. The molecule has 1 heterocycles. The summed E-state index contributed by atoms with van der Waals surface area (Å²) in [6.45, 7) is 1.75. The zero-order valence-corrected chi connectivity index (χ0v) is 20.1. The highest BCUT2D eigenvalue weighted by molar-refractivity contribution is 6.23. The fourth-order valence-electron chi connectivity index (χ4n) is 4.32. The third-order valence-electron chi connectivity index (χ3n) is 6.26. The van der Waals surface area contributed by atoms with E-state index in [-0.39, 0.29) is 28.9 Å². The van der Waals surface area contributed by atoms with Crippen molar-refractivity contribution in [1.29, 1.82) is 0 Å². The largest absolute Gasteiger partial charge is 0.465 e. The van der Waals surface area contributed by atoms with Crippen molar-refractivity contribution in [2.45, 2.75) is 25.4 Å². The summed E-state index contributed by atoms with van der Waals surface area (Å²) in [5, 5.41) is 11.0. The number of nitro benzene ring substituents is 1. The monoisotopic (exact) mass is 501 g/mol. The number of esters is 1. The molecule has 0 aromatic heterocycles. The molecular formula is C27H23N3O7. The quantitative estimate of drug-likeness (QED) is 0.208. The molecule has 3 amide bonds. The lowest BCUT2D eigenvalue weighted by molar-refractivity contribution is -0.384. The smallest absolute Gasteiger partial charge is 0.337 e. The van der Waals surface area contributed by atoms with Crippen molar-refractivity contribution in [1.82, 2.24) is 4.90 Å². The predicted octanol–water partition coefficient (Wildman–Crippen LogP) is 3.92. The summed E-state index contributed by atoms with van der Waals surface area (Å²) in [5.41, 5.74) is 1.25. The van der Waals surface area contributed by atoms with Crippen LogP contribution in [0.4, 0.5) is 11.4 Å². The summed E-state index contributed by atoms with van der Waals surface area (Å²) in [6.07, 6.45) is -0.243. The number of hydrogen-bond donors (Lipinski definition) is 0. The van der Waals surface area contributed by atoms with Crippen LogP contribution in [-0.2, 0) is 14.3 Å². The maximum absolute atomic E-state index is 13.7. The average molecular weight is 501 g/mol. The van der Waals surface area contributed by atoms with E-state index in [4.69, 9.17) is 0 Å². The van der Waals surface area contributed by atoms with Gasteiger partial charge in [0.25, 0.3) is 17.5 Å². The van der Waals surface area contributed by atoms with Gasteiger partial charge in [0.2, 0.25) is 5.91 Å². The van der Waals surface area contributed by atoms with E-state index in [9.17, 15) is 29.3 Å². The first-order chi connectivity index (χ1) is 17.7. The van der Waals surface area contributed by atoms with Crippen LogP contribution in [0.1, 0.15) is 45.7 Å². The molecule has 10 nitrogen and oxygen atoms in total. The Morgan fingerprint density at radius 3 is 2.14 bits per heavy atom. The van der Waals surface area contributed by atoms with Crippen LogP contribution < -0.4 is 4.90 Å². The van der Waals surface area contributed by atoms with Gasteiger partial charge in [-0.25, -0.2) is 9.69 Å². The summed E-state index contributed by atoms with van der Waals surface area (Å²) in [4.78, 5) is 64.9. The van der Waals surface area contributed by atoms with Crippen molar-refractivity contribution in [2.75, 3.05) is 12.0 Å². The van der Waals surface area contributed by atoms with E-state index in [0.29, 0.717) is 0 Å². The maximum Gasteiger partial charge on any atom is 0.337 e. The van der Waals surface area contributed by atoms with Crippen LogP contribution in [0.2, 0.25) is 0 Å². The number of nitro groups is 1. The number of methoxy groups -OCH3 is 1. The molecule has 1 fully saturated rings. The fourth-order valence-corrected chi connectivity index (χ4v) is 4.32. The average Bonchev–Trinajstić information content (AvgIpc) is 3.21. The van der Waals surface area contributed by atoms with Crippen LogP contribution in [0.15, 0.2) is 78.9 Å². The highest BCUT2D eigenvalue weighted by Crippen LogP contribution is 2.33. The number of carbonyl (C=O) groups is 4. The lowest BCUT2D eigenvalue weighted by Gasteiger charge is -2.33. The molecule has 0 radical (unpaired) electrons. The predicted molar refractivity (Wildman–Crippen MR) is 133 cm³/mol. The molecular weight excluding hydrogens is 478 g/mol. The van der Waals surface area contributed by atoms with Crippen LogP contribution >= 0.6 is 0 Å². The molecule has 4 rings (SSSR count). The SMILES string of the molecule is COC(=O)c1ccc(N2C(=O)CC(N(C(=O)c3ccc([N+](=O)[O-])cc3)C(C)c3ccccc3)C2=O)cc1. The van der Waals surface area contributed by atoms with Gasteiger partial charge in [0, 0.05) is 17.7 Å². The van der Waals surface area contributed by atoms with E-state index in [1.807, 2.05) is 18.2 Å². The lowest BCUT2D eigenvalue weighted by Crippen LogP contribution is -2.46. The summed E-state index contributed by atoms with van der Waals surface area (Å²) in [7, 11) is 1.25. The first-order valence-corrected chi connectivity index (χ1v) is 11.4. The summed E-state index contributed by atoms with van der Waals surface area (Å²) in [5.74, 6) is -2.18. The second-order valence-electron chi connectivity index (χ2n) is 8.43. The van der Waals surface area contributed by atoms with Gasteiger partial charge in [-0.15, -0.1) is 0 Å². The Labute approximate surface area is 212 Å². The number of imide groups is 1. The number of benzene rings is 3. The summed E-state index contributed by atoms with van der Waals surface area (Å²) in [6, 6.07) is 18.3. The van der Waals surface area contributed by atoms with Crippen molar-refractivity contribution in [3.05, 3.63) is 106 Å². The molecule has 1 saturated heterocycles. The number of hydrogen-bond acceptors (Lipinski definition) is 7. The molecule has 188 valence electrons. The van der Waals surface area contributed by atoms with E-state index in [1.54, 1.807) is 19.1 Å². The molecule has 0 aliphatic carbocycles.